The van der Waals surface area contributed by atoms with Crippen molar-refractivity contribution in [1.82, 2.24) is 9.80 Å². The molecule has 33 heavy (non-hydrogen) atoms. The van der Waals surface area contributed by atoms with Crippen LogP contribution in [-0.2, 0) is 14.3 Å². The lowest BCUT2D eigenvalue weighted by atomic mass is 10.1. The number of benzene rings is 2. The molecule has 0 N–H and O–H groups in total. The van der Waals surface area contributed by atoms with Crippen LogP contribution in [0.1, 0.15) is 28.9 Å². The number of carbonyl (C=O) groups excluding carboxylic acids is 3. The minimum absolute atomic E-state index is 0.0718. The van der Waals surface area contributed by atoms with Gasteiger partial charge in [0.1, 0.15) is 31.6 Å². The summed E-state index contributed by atoms with van der Waals surface area (Å²) in [7, 11) is 0. The molecule has 1 unspecified atom stereocenters. The van der Waals surface area contributed by atoms with Crippen LogP contribution in [0.25, 0.3) is 0 Å². The summed E-state index contributed by atoms with van der Waals surface area (Å²) in [4.78, 5) is 40.3. The predicted octanol–water partition coefficient (Wildman–Crippen LogP) is 3.34. The maximum Gasteiger partial charge on any atom is 0.410 e. The van der Waals surface area contributed by atoms with Gasteiger partial charge in [-0.3, -0.25) is 14.5 Å². The van der Waals surface area contributed by atoms with E-state index in [4.69, 9.17) is 25.8 Å². The molecule has 0 radical (unpaired) electrons. The van der Waals surface area contributed by atoms with Crippen LogP contribution in [-0.4, -0.2) is 73.1 Å². The van der Waals surface area contributed by atoms with Gasteiger partial charge in [0, 0.05) is 11.6 Å². The molecule has 2 heterocycles. The predicted molar refractivity (Wildman–Crippen MR) is 121 cm³/mol. The SMILES string of the molecule is CC(=O)c1cc(Cl)ccc1OCC1CN(C(=O)CN2C(=O)OC[C@@H]2c2ccccc2)CCO1. The summed E-state index contributed by atoms with van der Waals surface area (Å²) in [6.07, 6.45) is -0.863. The molecule has 2 fully saturated rings. The van der Waals surface area contributed by atoms with Crippen LogP contribution in [0.4, 0.5) is 4.79 Å². The first-order valence-corrected chi connectivity index (χ1v) is 11.1. The lowest BCUT2D eigenvalue weighted by Crippen LogP contribution is -2.50. The molecule has 2 aromatic carbocycles. The van der Waals surface area contributed by atoms with Crippen LogP contribution in [0.15, 0.2) is 48.5 Å². The third kappa shape index (κ3) is 5.46. The van der Waals surface area contributed by atoms with Crippen LogP contribution in [0.5, 0.6) is 5.75 Å². The molecule has 2 amide bonds. The lowest BCUT2D eigenvalue weighted by Gasteiger charge is -2.34. The molecule has 8 nitrogen and oxygen atoms in total. The highest BCUT2D eigenvalue weighted by Gasteiger charge is 2.37. The van der Waals surface area contributed by atoms with Gasteiger partial charge in [0.25, 0.3) is 0 Å². The van der Waals surface area contributed by atoms with Crippen molar-refractivity contribution in [2.45, 2.75) is 19.1 Å². The third-order valence-electron chi connectivity index (χ3n) is 5.70. The lowest BCUT2D eigenvalue weighted by molar-refractivity contribution is -0.140. The van der Waals surface area contributed by atoms with E-state index in [0.717, 1.165) is 5.56 Å². The van der Waals surface area contributed by atoms with Crippen LogP contribution in [0.2, 0.25) is 5.02 Å². The highest BCUT2D eigenvalue weighted by atomic mass is 35.5. The summed E-state index contributed by atoms with van der Waals surface area (Å²) in [5, 5.41) is 0.451. The van der Waals surface area contributed by atoms with Gasteiger partial charge in [0.2, 0.25) is 5.91 Å². The van der Waals surface area contributed by atoms with E-state index in [-0.39, 0.29) is 43.6 Å². The van der Waals surface area contributed by atoms with Crippen LogP contribution in [0.3, 0.4) is 0 Å². The fraction of sp³-hybridized carbons (Fsp3) is 0.375. The summed E-state index contributed by atoms with van der Waals surface area (Å²) >= 11 is 5.98. The second-order valence-corrected chi connectivity index (χ2v) is 8.41. The summed E-state index contributed by atoms with van der Waals surface area (Å²) in [5.74, 6) is 0.0859. The van der Waals surface area contributed by atoms with Crippen molar-refractivity contribution in [3.63, 3.8) is 0 Å². The molecule has 4 rings (SSSR count). The highest BCUT2D eigenvalue weighted by molar-refractivity contribution is 6.31. The van der Waals surface area contributed by atoms with Gasteiger partial charge in [-0.15, -0.1) is 0 Å². The Morgan fingerprint density at radius 3 is 2.73 bits per heavy atom. The van der Waals surface area contributed by atoms with Crippen molar-refractivity contribution >= 4 is 29.4 Å². The topological polar surface area (TPSA) is 85.4 Å². The average Bonchev–Trinajstić information content (AvgIpc) is 3.18. The minimum atomic E-state index is -0.496. The Hall–Kier alpha value is -3.10. The molecule has 0 spiro atoms. The normalized spacial score (nSPS) is 20.5. The van der Waals surface area contributed by atoms with E-state index < -0.39 is 6.09 Å². The Balaban J connectivity index is 1.36. The van der Waals surface area contributed by atoms with Gasteiger partial charge in [0.05, 0.1) is 24.8 Å². The zero-order valence-electron chi connectivity index (χ0n) is 18.2. The first kappa shape index (κ1) is 23.1. The molecule has 2 aliphatic heterocycles. The van der Waals surface area contributed by atoms with Crippen molar-refractivity contribution in [2.24, 2.45) is 0 Å². The van der Waals surface area contributed by atoms with Gasteiger partial charge in [-0.05, 0) is 30.7 Å². The number of cyclic esters (lactones) is 1. The van der Waals surface area contributed by atoms with Crippen molar-refractivity contribution in [3.8, 4) is 5.75 Å². The first-order chi connectivity index (χ1) is 15.9. The average molecular weight is 473 g/mol. The van der Waals surface area contributed by atoms with E-state index >= 15 is 0 Å². The first-order valence-electron chi connectivity index (χ1n) is 10.7. The number of Topliss-reactive ketones (excluding diaryl/α,β-unsaturated/α-hetero) is 1. The number of morpholine rings is 1. The molecule has 174 valence electrons. The smallest absolute Gasteiger partial charge is 0.410 e. The fourth-order valence-corrected chi connectivity index (χ4v) is 4.13. The monoisotopic (exact) mass is 472 g/mol. The fourth-order valence-electron chi connectivity index (χ4n) is 3.95. The molecule has 0 saturated carbocycles. The Morgan fingerprint density at radius 2 is 1.97 bits per heavy atom. The number of carbonyl (C=O) groups is 3. The molecule has 2 saturated heterocycles. The quantitative estimate of drug-likeness (QED) is 0.574. The van der Waals surface area contributed by atoms with Crippen molar-refractivity contribution < 1.29 is 28.6 Å². The van der Waals surface area contributed by atoms with Crippen LogP contribution in [0, 0.1) is 0 Å². The van der Waals surface area contributed by atoms with Crippen molar-refractivity contribution in [3.05, 3.63) is 64.7 Å². The molecule has 0 bridgehead atoms. The van der Waals surface area contributed by atoms with Gasteiger partial charge in [0.15, 0.2) is 5.78 Å². The van der Waals surface area contributed by atoms with E-state index in [1.54, 1.807) is 23.1 Å². The number of hydrogen-bond acceptors (Lipinski definition) is 6. The Bertz CT molecular complexity index is 1030. The Kier molecular flexibility index (Phi) is 7.15. The number of amides is 2. The summed E-state index contributed by atoms with van der Waals surface area (Å²) < 4.78 is 16.8. The van der Waals surface area contributed by atoms with E-state index in [1.807, 2.05) is 30.3 Å². The Morgan fingerprint density at radius 1 is 1.18 bits per heavy atom. The van der Waals surface area contributed by atoms with Crippen LogP contribution >= 0.6 is 11.6 Å². The molecule has 9 heteroatoms. The summed E-state index contributed by atoms with van der Waals surface area (Å²) in [6, 6.07) is 14.1. The summed E-state index contributed by atoms with van der Waals surface area (Å²) in [5.41, 5.74) is 1.32. The standard InChI is InChI=1S/C24H25ClN2O6/c1-16(28)20-11-18(25)7-8-22(20)32-14-19-12-26(9-10-31-19)23(29)13-27-21(15-33-24(27)30)17-5-3-2-4-6-17/h2-8,11,19,21H,9-10,12-15H2,1H3/t19?,21-/m1/s1. The van der Waals surface area contributed by atoms with E-state index in [2.05, 4.69) is 0 Å². The largest absolute Gasteiger partial charge is 0.490 e. The van der Waals surface area contributed by atoms with Gasteiger partial charge >= 0.3 is 6.09 Å². The minimum Gasteiger partial charge on any atom is -0.490 e. The molecule has 2 atom stereocenters. The second-order valence-electron chi connectivity index (χ2n) is 7.97. The number of ketones is 1. The van der Waals surface area contributed by atoms with Gasteiger partial charge in [-0.2, -0.15) is 0 Å². The Labute approximate surface area is 197 Å². The van der Waals surface area contributed by atoms with Gasteiger partial charge < -0.3 is 19.1 Å². The molecule has 2 aliphatic rings. The number of hydrogen-bond donors (Lipinski definition) is 0. The summed E-state index contributed by atoms with van der Waals surface area (Å²) in [6.45, 7) is 2.86. The van der Waals surface area contributed by atoms with E-state index in [1.165, 1.54) is 11.8 Å². The molecular formula is C24H25ClN2O6. The zero-order chi connectivity index (χ0) is 23.4. The van der Waals surface area contributed by atoms with E-state index in [0.29, 0.717) is 36.0 Å². The molecular weight excluding hydrogens is 448 g/mol. The molecule has 0 aliphatic carbocycles. The maximum absolute atomic E-state index is 13.0. The maximum atomic E-state index is 13.0. The highest BCUT2D eigenvalue weighted by Crippen LogP contribution is 2.28. The zero-order valence-corrected chi connectivity index (χ0v) is 19.0. The number of halogens is 1. The van der Waals surface area contributed by atoms with Gasteiger partial charge in [-0.25, -0.2) is 4.79 Å². The number of nitrogens with zero attached hydrogens (tertiary/aromatic N) is 2. The van der Waals surface area contributed by atoms with E-state index in [9.17, 15) is 14.4 Å². The molecule has 0 aromatic heterocycles. The second kappa shape index (κ2) is 10.2. The number of rotatable bonds is 7. The van der Waals surface area contributed by atoms with Gasteiger partial charge in [-0.1, -0.05) is 41.9 Å². The number of ether oxygens (including phenoxy) is 3. The third-order valence-corrected chi connectivity index (χ3v) is 5.94. The van der Waals surface area contributed by atoms with Crippen molar-refractivity contribution in [2.75, 3.05) is 39.5 Å². The van der Waals surface area contributed by atoms with Crippen LogP contribution < -0.4 is 4.74 Å². The van der Waals surface area contributed by atoms with Crippen molar-refractivity contribution in [1.29, 1.82) is 0 Å². The molecule has 2 aromatic rings.